The third-order valence-corrected chi connectivity index (χ3v) is 6.22. The number of carbonyl (C=O) groups excluding carboxylic acids is 2. The molecule has 0 N–H and O–H groups in total. The van der Waals surface area contributed by atoms with Gasteiger partial charge in [-0.3, -0.25) is 9.59 Å². The fourth-order valence-electron chi connectivity index (χ4n) is 2.98. The Labute approximate surface area is 162 Å². The maximum Gasteiger partial charge on any atom is 0.184 e. The van der Waals surface area contributed by atoms with Gasteiger partial charge < -0.3 is 8.85 Å². The Morgan fingerprint density at radius 3 is 2.23 bits per heavy atom. The highest BCUT2D eigenvalue weighted by molar-refractivity contribution is 6.70. The monoisotopic (exact) mass is 398 g/mol. The zero-order valence-corrected chi connectivity index (χ0v) is 19.7. The molecule has 1 rings (SSSR count). The van der Waals surface area contributed by atoms with Crippen LogP contribution in [-0.2, 0) is 18.4 Å². The standard InChI is InChI=1S/C20H38O4Si2/c1-25(2,3)23-16-18(21)13-11-9-7-8-10-12-17-14-19(15-20(17)22)24-26(4,5)6/h14,19H,7-13,15-16H2,1-6H3. The molecule has 0 heterocycles. The first-order chi connectivity index (χ1) is 12.0. The van der Waals surface area contributed by atoms with Gasteiger partial charge in [0, 0.05) is 12.8 Å². The quantitative estimate of drug-likeness (QED) is 0.314. The molecule has 0 aromatic heterocycles. The summed E-state index contributed by atoms with van der Waals surface area (Å²) in [6, 6.07) is 0. The van der Waals surface area contributed by atoms with Crippen LogP contribution < -0.4 is 0 Å². The van der Waals surface area contributed by atoms with Crippen LogP contribution in [0.1, 0.15) is 51.4 Å². The van der Waals surface area contributed by atoms with Crippen molar-refractivity contribution in [2.75, 3.05) is 6.61 Å². The van der Waals surface area contributed by atoms with Crippen LogP contribution in [0.4, 0.5) is 0 Å². The number of hydrogen-bond donors (Lipinski definition) is 0. The lowest BCUT2D eigenvalue weighted by Crippen LogP contribution is -2.30. The summed E-state index contributed by atoms with van der Waals surface area (Å²) in [4.78, 5) is 23.8. The molecule has 0 saturated heterocycles. The molecule has 0 aliphatic heterocycles. The summed E-state index contributed by atoms with van der Waals surface area (Å²) in [5.41, 5.74) is 0.965. The Hall–Kier alpha value is -0.566. The molecule has 0 fully saturated rings. The molecule has 0 spiro atoms. The summed E-state index contributed by atoms with van der Waals surface area (Å²) in [5.74, 6) is 0.490. The SMILES string of the molecule is C[Si](C)(C)OCC(=O)CCCCCCCC1=CC(O[Si](C)(C)C)CC1=O. The smallest absolute Gasteiger partial charge is 0.184 e. The normalized spacial score (nSPS) is 18.3. The molecule has 1 unspecified atom stereocenters. The molecule has 1 atom stereocenters. The molecule has 6 heteroatoms. The number of unbranched alkanes of at least 4 members (excludes halogenated alkanes) is 4. The zero-order valence-electron chi connectivity index (χ0n) is 17.7. The van der Waals surface area contributed by atoms with Crippen molar-refractivity contribution < 1.29 is 18.4 Å². The van der Waals surface area contributed by atoms with Gasteiger partial charge in [-0.2, -0.15) is 0 Å². The Bertz CT molecular complexity index is 501. The first-order valence-corrected chi connectivity index (χ1v) is 16.9. The van der Waals surface area contributed by atoms with E-state index in [-0.39, 0.29) is 24.3 Å². The summed E-state index contributed by atoms with van der Waals surface area (Å²) in [5, 5.41) is 0. The van der Waals surface area contributed by atoms with Crippen molar-refractivity contribution in [1.82, 2.24) is 0 Å². The van der Waals surface area contributed by atoms with Gasteiger partial charge in [0.1, 0.15) is 0 Å². The average Bonchev–Trinajstić information content (AvgIpc) is 2.81. The highest BCUT2D eigenvalue weighted by Crippen LogP contribution is 2.25. The summed E-state index contributed by atoms with van der Waals surface area (Å²) in [6.45, 7) is 13.1. The second kappa shape index (κ2) is 10.7. The van der Waals surface area contributed by atoms with Crippen molar-refractivity contribution in [3.05, 3.63) is 11.6 Å². The van der Waals surface area contributed by atoms with Gasteiger partial charge in [-0.1, -0.05) is 19.3 Å². The highest BCUT2D eigenvalue weighted by Gasteiger charge is 2.28. The van der Waals surface area contributed by atoms with Crippen LogP contribution in [0.3, 0.4) is 0 Å². The molecule has 1 aliphatic carbocycles. The molecule has 0 aromatic carbocycles. The predicted molar refractivity (Wildman–Crippen MR) is 113 cm³/mol. The van der Waals surface area contributed by atoms with Crippen LogP contribution in [0, 0.1) is 0 Å². The lowest BCUT2D eigenvalue weighted by atomic mass is 10.0. The van der Waals surface area contributed by atoms with Crippen LogP contribution in [0.5, 0.6) is 0 Å². The molecular weight excluding hydrogens is 360 g/mol. The van der Waals surface area contributed by atoms with Gasteiger partial charge in [0.25, 0.3) is 0 Å². The van der Waals surface area contributed by atoms with Gasteiger partial charge in [-0.15, -0.1) is 0 Å². The van der Waals surface area contributed by atoms with Crippen molar-refractivity contribution in [3.63, 3.8) is 0 Å². The minimum atomic E-state index is -1.59. The van der Waals surface area contributed by atoms with E-state index in [4.69, 9.17) is 8.85 Å². The van der Waals surface area contributed by atoms with E-state index in [9.17, 15) is 9.59 Å². The summed E-state index contributed by atoms with van der Waals surface area (Å²) < 4.78 is 11.7. The zero-order chi connectivity index (χ0) is 19.8. The number of allylic oxidation sites excluding steroid dienone is 1. The number of rotatable bonds is 13. The van der Waals surface area contributed by atoms with E-state index in [1.54, 1.807) is 0 Å². The minimum absolute atomic E-state index is 0.00792. The fraction of sp³-hybridized carbons (Fsp3) is 0.800. The van der Waals surface area contributed by atoms with Crippen molar-refractivity contribution in [2.45, 2.75) is 96.8 Å². The number of Topliss-reactive ketones (excluding diaryl/α,β-unsaturated/α-hetero) is 2. The summed E-state index contributed by atoms with van der Waals surface area (Å²) >= 11 is 0. The molecule has 0 bridgehead atoms. The predicted octanol–water partition coefficient (Wildman–Crippen LogP) is 5.26. The summed E-state index contributed by atoms with van der Waals surface area (Å²) in [6.07, 6.45) is 9.39. The van der Waals surface area contributed by atoms with Crippen LogP contribution in [0.15, 0.2) is 11.6 Å². The van der Waals surface area contributed by atoms with Crippen molar-refractivity contribution in [1.29, 1.82) is 0 Å². The highest BCUT2D eigenvalue weighted by atomic mass is 28.4. The molecule has 0 radical (unpaired) electrons. The first kappa shape index (κ1) is 23.5. The van der Waals surface area contributed by atoms with Gasteiger partial charge in [-0.25, -0.2) is 0 Å². The molecule has 26 heavy (non-hydrogen) atoms. The van der Waals surface area contributed by atoms with Crippen LogP contribution in [0.2, 0.25) is 39.3 Å². The molecule has 1 aliphatic rings. The largest absolute Gasteiger partial charge is 0.411 e. The Kier molecular flexibility index (Phi) is 9.65. The second-order valence-electron chi connectivity index (χ2n) is 9.30. The van der Waals surface area contributed by atoms with Gasteiger partial charge >= 0.3 is 0 Å². The third-order valence-electron chi connectivity index (χ3n) is 4.20. The van der Waals surface area contributed by atoms with Crippen LogP contribution >= 0.6 is 0 Å². The Morgan fingerprint density at radius 2 is 1.62 bits per heavy atom. The van der Waals surface area contributed by atoms with Crippen molar-refractivity contribution in [3.8, 4) is 0 Å². The number of carbonyl (C=O) groups is 2. The van der Waals surface area contributed by atoms with Crippen molar-refractivity contribution >= 4 is 28.2 Å². The Balaban J connectivity index is 2.09. The van der Waals surface area contributed by atoms with E-state index in [0.717, 1.165) is 44.1 Å². The number of ketones is 2. The van der Waals surface area contributed by atoms with E-state index in [2.05, 4.69) is 45.4 Å². The Morgan fingerprint density at radius 1 is 1.00 bits per heavy atom. The molecule has 0 aromatic rings. The van der Waals surface area contributed by atoms with Gasteiger partial charge in [-0.05, 0) is 70.2 Å². The topological polar surface area (TPSA) is 52.6 Å². The average molecular weight is 399 g/mol. The first-order valence-electron chi connectivity index (χ1n) is 10.0. The molecule has 150 valence electrons. The van der Waals surface area contributed by atoms with Gasteiger partial charge in [0.05, 0.1) is 12.7 Å². The van der Waals surface area contributed by atoms with E-state index in [1.165, 1.54) is 0 Å². The lowest BCUT2D eigenvalue weighted by molar-refractivity contribution is -0.121. The van der Waals surface area contributed by atoms with E-state index in [1.807, 2.05) is 0 Å². The molecule has 4 nitrogen and oxygen atoms in total. The molecular formula is C20H38O4Si2. The van der Waals surface area contributed by atoms with E-state index in [0.29, 0.717) is 12.8 Å². The van der Waals surface area contributed by atoms with Crippen LogP contribution in [0.25, 0.3) is 0 Å². The van der Waals surface area contributed by atoms with Crippen LogP contribution in [-0.4, -0.2) is 40.9 Å². The van der Waals surface area contributed by atoms with Gasteiger partial charge in [0.15, 0.2) is 28.2 Å². The maximum absolute atomic E-state index is 12.1. The maximum atomic E-state index is 12.1. The number of hydrogen-bond acceptors (Lipinski definition) is 4. The fourth-order valence-corrected chi connectivity index (χ4v) is 4.63. The van der Waals surface area contributed by atoms with Gasteiger partial charge in [0.2, 0.25) is 0 Å². The van der Waals surface area contributed by atoms with E-state index < -0.39 is 16.6 Å². The lowest BCUT2D eigenvalue weighted by Gasteiger charge is -2.21. The minimum Gasteiger partial charge on any atom is -0.411 e. The van der Waals surface area contributed by atoms with Crippen molar-refractivity contribution in [2.24, 2.45) is 0 Å². The van der Waals surface area contributed by atoms with E-state index >= 15 is 0 Å². The second-order valence-corrected chi connectivity index (χ2v) is 18.3. The summed E-state index contributed by atoms with van der Waals surface area (Å²) in [7, 11) is -3.17. The molecule has 0 saturated carbocycles. The third kappa shape index (κ3) is 11.2. The molecule has 0 amide bonds.